The fourth-order valence-electron chi connectivity index (χ4n) is 8.35. The average Bonchev–Trinajstić information content (AvgIpc) is 3.58. The zero-order valence-corrected chi connectivity index (χ0v) is 30.4. The predicted molar refractivity (Wildman–Crippen MR) is 219 cm³/mol. The number of hydrogen-bond donors (Lipinski definition) is 0. The van der Waals surface area contributed by atoms with Crippen molar-refractivity contribution in [3.05, 3.63) is 199 Å². The number of rotatable bonds is 6. The summed E-state index contributed by atoms with van der Waals surface area (Å²) in [6.07, 6.45) is 2.17. The van der Waals surface area contributed by atoms with E-state index in [0.29, 0.717) is 11.1 Å². The molecule has 4 heterocycles. The number of fused-ring (bicyclic) bond motifs is 6. The van der Waals surface area contributed by atoms with Crippen LogP contribution >= 0.6 is 11.8 Å². The van der Waals surface area contributed by atoms with Gasteiger partial charge in [0, 0.05) is 38.5 Å². The molecule has 0 aliphatic carbocycles. The number of nitrogens with zero attached hydrogens (tertiary/aromatic N) is 3. The predicted octanol–water partition coefficient (Wildman–Crippen LogP) is 9.14. The average molecular weight is 718 g/mol. The summed E-state index contributed by atoms with van der Waals surface area (Å²) >= 11 is 1.78. The van der Waals surface area contributed by atoms with Crippen LogP contribution in [0.4, 0.5) is 4.39 Å². The Balaban J connectivity index is 1.39. The SMILES string of the molecule is FC(c1cccc(-c2ccccn2)c1)c1cc2c(c3c1[Si](c1ccccc1)(c1ccccc1)c1ccccc1S3)c1ccccc1n2-c1ccccn1. The lowest BCUT2D eigenvalue weighted by Gasteiger charge is -2.42. The van der Waals surface area contributed by atoms with Crippen molar-refractivity contribution in [1.82, 2.24) is 14.5 Å². The van der Waals surface area contributed by atoms with E-state index >= 15 is 4.39 Å². The molecule has 6 heteroatoms. The minimum atomic E-state index is -3.17. The molecule has 1 aliphatic heterocycles. The normalized spacial score (nSPS) is 13.8. The molecule has 0 amide bonds. The van der Waals surface area contributed by atoms with Gasteiger partial charge in [-0.15, -0.1) is 0 Å². The number of halogens is 1. The van der Waals surface area contributed by atoms with Crippen LogP contribution < -0.4 is 20.7 Å². The van der Waals surface area contributed by atoms with Gasteiger partial charge in [0.15, 0.2) is 14.2 Å². The van der Waals surface area contributed by atoms with Crippen molar-refractivity contribution in [2.75, 3.05) is 0 Å². The molecule has 1 atom stereocenters. The highest BCUT2D eigenvalue weighted by Gasteiger charge is 2.50. The van der Waals surface area contributed by atoms with Gasteiger partial charge in [0.1, 0.15) is 5.82 Å². The van der Waals surface area contributed by atoms with Gasteiger partial charge >= 0.3 is 0 Å². The van der Waals surface area contributed by atoms with Crippen LogP contribution in [0.3, 0.4) is 0 Å². The van der Waals surface area contributed by atoms with Crippen molar-refractivity contribution >= 4 is 62.4 Å². The second-order valence-corrected chi connectivity index (χ2v) is 18.1. The molecule has 9 aromatic rings. The molecule has 0 N–H and O–H groups in total. The highest BCUT2D eigenvalue weighted by molar-refractivity contribution is 8.00. The Bertz CT molecular complexity index is 2730. The summed E-state index contributed by atoms with van der Waals surface area (Å²) in [4.78, 5) is 11.8. The Kier molecular flexibility index (Phi) is 7.67. The maximum Gasteiger partial charge on any atom is 0.182 e. The van der Waals surface area contributed by atoms with Crippen LogP contribution in [0.1, 0.15) is 17.3 Å². The standard InChI is InChI=1S/C47H32FN3SSi/c48-45(33-17-15-16-32(30-33)38-23-11-13-28-49-38)37-31-40-44(36-22-7-8-24-39(36)51(40)43-27-12-14-29-50-43)46-47(37)53(34-18-3-1-4-19-34,35-20-5-2-6-21-35)42-26-10-9-25-41(42)52-46/h1-31,45H. The molecule has 0 saturated carbocycles. The van der Waals surface area contributed by atoms with Crippen LogP contribution in [0.25, 0.3) is 38.9 Å². The largest absolute Gasteiger partial charge is 0.294 e. The number of hydrogen-bond acceptors (Lipinski definition) is 3. The highest BCUT2D eigenvalue weighted by atomic mass is 32.2. The summed E-state index contributed by atoms with van der Waals surface area (Å²) in [7, 11) is -3.17. The van der Waals surface area contributed by atoms with Gasteiger partial charge in [-0.05, 0) is 80.4 Å². The van der Waals surface area contributed by atoms with E-state index in [1.165, 1.54) is 20.5 Å². The van der Waals surface area contributed by atoms with Crippen LogP contribution in [0.15, 0.2) is 198 Å². The molecule has 3 nitrogen and oxygen atoms in total. The number of aromatic nitrogens is 3. The quantitative estimate of drug-likeness (QED) is 0.161. The molecule has 53 heavy (non-hydrogen) atoms. The Morgan fingerprint density at radius 1 is 0.585 bits per heavy atom. The zero-order chi connectivity index (χ0) is 35.4. The first-order valence-electron chi connectivity index (χ1n) is 17.8. The number of benzene rings is 6. The van der Waals surface area contributed by atoms with Gasteiger partial charge in [-0.2, -0.15) is 0 Å². The molecule has 0 saturated heterocycles. The van der Waals surface area contributed by atoms with E-state index < -0.39 is 14.2 Å². The number of para-hydroxylation sites is 1. The van der Waals surface area contributed by atoms with E-state index in [2.05, 4.69) is 125 Å². The Hall–Kier alpha value is -6.08. The lowest BCUT2D eigenvalue weighted by Crippen LogP contribution is -2.77. The molecule has 1 unspecified atom stereocenters. The van der Waals surface area contributed by atoms with E-state index in [1.54, 1.807) is 18.0 Å². The molecule has 0 radical (unpaired) electrons. The second kappa shape index (κ2) is 12.8. The molecular formula is C47H32FN3SSi. The number of pyridine rings is 2. The van der Waals surface area contributed by atoms with Crippen LogP contribution in [0.2, 0.25) is 0 Å². The zero-order valence-electron chi connectivity index (χ0n) is 28.6. The minimum absolute atomic E-state index is 0.600. The molecule has 1 aliphatic rings. The second-order valence-electron chi connectivity index (χ2n) is 13.4. The third kappa shape index (κ3) is 4.94. The maximum absolute atomic E-state index is 18.4. The Morgan fingerprint density at radius 2 is 1.26 bits per heavy atom. The third-order valence-electron chi connectivity index (χ3n) is 10.5. The molecule has 252 valence electrons. The van der Waals surface area contributed by atoms with Crippen LogP contribution in [0.5, 0.6) is 0 Å². The molecule has 0 bridgehead atoms. The monoisotopic (exact) mass is 717 g/mol. The first-order chi connectivity index (χ1) is 26.2. The summed E-state index contributed by atoms with van der Waals surface area (Å²) in [6.45, 7) is 0. The van der Waals surface area contributed by atoms with Gasteiger partial charge in [0.25, 0.3) is 0 Å². The van der Waals surface area contributed by atoms with Crippen LogP contribution in [-0.4, -0.2) is 22.6 Å². The minimum Gasteiger partial charge on any atom is -0.294 e. The molecule has 6 aromatic carbocycles. The van der Waals surface area contributed by atoms with Crippen molar-refractivity contribution < 1.29 is 4.39 Å². The van der Waals surface area contributed by atoms with Crippen molar-refractivity contribution in [3.63, 3.8) is 0 Å². The topological polar surface area (TPSA) is 30.7 Å². The maximum atomic E-state index is 18.4. The van der Waals surface area contributed by atoms with Gasteiger partial charge in [0.2, 0.25) is 0 Å². The summed E-state index contributed by atoms with van der Waals surface area (Å²) in [5.74, 6) is 0.799. The Labute approximate surface area is 312 Å². The fourth-order valence-corrected chi connectivity index (χ4v) is 15.7. The van der Waals surface area contributed by atoms with Gasteiger partial charge in [-0.3, -0.25) is 9.55 Å². The molecular weight excluding hydrogens is 686 g/mol. The number of alkyl halides is 1. The highest BCUT2D eigenvalue weighted by Crippen LogP contribution is 2.45. The first-order valence-corrected chi connectivity index (χ1v) is 20.6. The lowest BCUT2D eigenvalue weighted by atomic mass is 9.98. The van der Waals surface area contributed by atoms with Gasteiger partial charge < -0.3 is 0 Å². The Morgan fingerprint density at radius 3 is 2.00 bits per heavy atom. The molecule has 0 spiro atoms. The third-order valence-corrected chi connectivity index (χ3v) is 17.0. The van der Waals surface area contributed by atoms with E-state index in [0.717, 1.165) is 49.0 Å². The van der Waals surface area contributed by atoms with Gasteiger partial charge in [-0.25, -0.2) is 9.37 Å². The van der Waals surface area contributed by atoms with E-state index in [1.807, 2.05) is 66.9 Å². The molecule has 10 rings (SSSR count). The smallest absolute Gasteiger partial charge is 0.182 e. The summed E-state index contributed by atoms with van der Waals surface area (Å²) in [5, 5.41) is 7.08. The van der Waals surface area contributed by atoms with E-state index in [4.69, 9.17) is 4.98 Å². The first kappa shape index (κ1) is 31.6. The van der Waals surface area contributed by atoms with Crippen molar-refractivity contribution in [1.29, 1.82) is 0 Å². The van der Waals surface area contributed by atoms with Crippen LogP contribution in [0, 0.1) is 0 Å². The van der Waals surface area contributed by atoms with Crippen molar-refractivity contribution in [3.8, 4) is 17.1 Å². The van der Waals surface area contributed by atoms with Gasteiger partial charge in [0.05, 0.1) is 16.7 Å². The fraction of sp³-hybridized carbons (Fsp3) is 0.0213. The van der Waals surface area contributed by atoms with E-state index in [9.17, 15) is 0 Å². The van der Waals surface area contributed by atoms with Gasteiger partial charge in [-0.1, -0.05) is 139 Å². The lowest BCUT2D eigenvalue weighted by molar-refractivity contribution is 0.403. The summed E-state index contributed by atoms with van der Waals surface area (Å²) in [6, 6.07) is 60.9. The van der Waals surface area contributed by atoms with Crippen molar-refractivity contribution in [2.24, 2.45) is 0 Å². The molecule has 3 aromatic heterocycles. The van der Waals surface area contributed by atoms with E-state index in [-0.39, 0.29) is 0 Å². The summed E-state index contributed by atoms with van der Waals surface area (Å²) < 4.78 is 20.6. The van der Waals surface area contributed by atoms with Crippen LogP contribution in [-0.2, 0) is 0 Å². The van der Waals surface area contributed by atoms with Crippen molar-refractivity contribution in [2.45, 2.75) is 16.0 Å². The molecule has 0 fully saturated rings. The summed E-state index contributed by atoms with van der Waals surface area (Å²) in [5.41, 5.74) is 4.97.